The van der Waals surface area contributed by atoms with Crippen LogP contribution in [0, 0.1) is 58.2 Å². The van der Waals surface area contributed by atoms with Crippen molar-refractivity contribution in [1.29, 1.82) is 0 Å². The van der Waals surface area contributed by atoms with E-state index in [1.54, 1.807) is 0 Å². The number of halogens is 36. The first-order valence-corrected chi connectivity index (χ1v) is 22.1. The van der Waals surface area contributed by atoms with Gasteiger partial charge in [-0.3, -0.25) is 0 Å². The summed E-state index contributed by atoms with van der Waals surface area (Å²) in [6, 6.07) is 0. The van der Waals surface area contributed by atoms with Crippen LogP contribution >= 0.6 is 0 Å². The average molecular weight is 1150 g/mol. The summed E-state index contributed by atoms with van der Waals surface area (Å²) >= 11 is -9.79. The normalized spacial score (nSPS) is 15.3. The van der Waals surface area contributed by atoms with E-state index in [0.717, 1.165) is 0 Å². The maximum absolute atomic E-state index is 15.3. The Morgan fingerprint density at radius 3 is 0.585 bits per heavy atom. The van der Waals surface area contributed by atoms with E-state index in [2.05, 4.69) is 0 Å². The fraction of sp³-hybridized carbons (Fsp3) is 0.571. The van der Waals surface area contributed by atoms with Crippen molar-refractivity contribution in [3.8, 4) is 0 Å². The SMILES string of the molecule is Fc1c(F)c(F)[c]([Sn]([CH2]CC(F)(F)C(F)(F)C(F)(F)C(F)(F)C(F)(F)C(F)(F)F)([CH2]CC(F)(F)C(F)(F)C(F)(F)C(F)(F)C(F)(F)C(F)(F)F)[c]2c(F)c(F)c(F)c(F)c2F)c(F)c1F. The monoisotopic (exact) mass is 1150 g/mol. The molecule has 0 unspecified atom stereocenters. The van der Waals surface area contributed by atoms with E-state index in [1.807, 2.05) is 0 Å². The molecule has 0 N–H and O–H groups in total. The van der Waals surface area contributed by atoms with Crippen LogP contribution < -0.4 is 7.16 Å². The molecule has 0 fully saturated rings. The molecule has 0 spiro atoms. The minimum atomic E-state index is -9.79. The number of hydrogen-bond donors (Lipinski definition) is 0. The van der Waals surface area contributed by atoms with Crippen molar-refractivity contribution in [2.45, 2.75) is 93.3 Å². The van der Waals surface area contributed by atoms with Gasteiger partial charge in [-0.2, -0.15) is 0 Å². The molecular formula is C28H8F36Sn. The number of hydrogen-bond acceptors (Lipinski definition) is 0. The molecule has 0 saturated carbocycles. The first-order valence-electron chi connectivity index (χ1n) is 15.2. The van der Waals surface area contributed by atoms with Crippen LogP contribution in [-0.4, -0.2) is 90.0 Å². The molecule has 0 radical (unpaired) electrons. The first-order chi connectivity index (χ1) is 28.3. The second-order valence-corrected chi connectivity index (χ2v) is 24.9. The molecule has 376 valence electrons. The number of benzene rings is 2. The van der Waals surface area contributed by atoms with Gasteiger partial charge in [-0.1, -0.05) is 0 Å². The van der Waals surface area contributed by atoms with Crippen LogP contribution in [0.25, 0.3) is 0 Å². The Labute approximate surface area is 335 Å². The summed E-state index contributed by atoms with van der Waals surface area (Å²) in [7, 11) is 0. The Kier molecular flexibility index (Phi) is 14.6. The van der Waals surface area contributed by atoms with Crippen LogP contribution in [-0.2, 0) is 0 Å². The third-order valence-corrected chi connectivity index (χ3v) is 23.4. The van der Waals surface area contributed by atoms with Gasteiger partial charge in [0, 0.05) is 0 Å². The predicted octanol–water partition coefficient (Wildman–Crippen LogP) is 12.9. The van der Waals surface area contributed by atoms with E-state index in [1.165, 1.54) is 0 Å². The van der Waals surface area contributed by atoms with E-state index in [-0.39, 0.29) is 0 Å². The van der Waals surface area contributed by atoms with Gasteiger partial charge in [0.15, 0.2) is 0 Å². The Bertz CT molecular complexity index is 1920. The molecule has 0 aliphatic rings. The fourth-order valence-corrected chi connectivity index (χ4v) is 20.0. The maximum atomic E-state index is 15.3. The van der Waals surface area contributed by atoms with Gasteiger partial charge >= 0.3 is 335 Å². The van der Waals surface area contributed by atoms with Crippen LogP contribution in [0.4, 0.5) is 158 Å². The van der Waals surface area contributed by atoms with E-state index in [0.29, 0.717) is 0 Å². The average Bonchev–Trinajstić information content (AvgIpc) is 3.14. The Morgan fingerprint density at radius 2 is 0.400 bits per heavy atom. The van der Waals surface area contributed by atoms with Crippen molar-refractivity contribution in [2.75, 3.05) is 0 Å². The predicted molar refractivity (Wildman–Crippen MR) is 138 cm³/mol. The van der Waals surface area contributed by atoms with Gasteiger partial charge in [0.2, 0.25) is 0 Å². The summed E-state index contributed by atoms with van der Waals surface area (Å²) in [5.41, 5.74) is 0. The zero-order chi connectivity index (χ0) is 52.3. The van der Waals surface area contributed by atoms with Crippen molar-refractivity contribution in [2.24, 2.45) is 0 Å². The first kappa shape index (κ1) is 57.8. The van der Waals surface area contributed by atoms with Crippen molar-refractivity contribution in [1.82, 2.24) is 0 Å². The zero-order valence-electron chi connectivity index (χ0n) is 28.9. The van der Waals surface area contributed by atoms with E-state index >= 15 is 35.1 Å². The van der Waals surface area contributed by atoms with Crippen LogP contribution in [0.5, 0.6) is 0 Å². The second kappa shape index (κ2) is 16.5. The standard InChI is InChI=1S/2C8H4F13.2C6F5.Sn/c2*1-2-3(9,10)4(11,12)5(13,14)6(15,16)7(17,18)8(19,20)21;2*7-2-1-3(8)5(10)6(11)4(2)9;/h2*1-2H2;;;. The molecule has 0 aliphatic heterocycles. The molecule has 2 rings (SSSR count). The fourth-order valence-electron chi connectivity index (χ4n) is 5.46. The Morgan fingerprint density at radius 1 is 0.231 bits per heavy atom. The van der Waals surface area contributed by atoms with Gasteiger partial charge < -0.3 is 0 Å². The van der Waals surface area contributed by atoms with Crippen LogP contribution in [0.1, 0.15) is 12.8 Å². The molecule has 0 amide bonds. The van der Waals surface area contributed by atoms with Gasteiger partial charge in [0.05, 0.1) is 0 Å². The quantitative estimate of drug-likeness (QED) is 0.0680. The van der Waals surface area contributed by atoms with Crippen molar-refractivity contribution < 1.29 is 158 Å². The van der Waals surface area contributed by atoms with E-state index < -0.39 is 177 Å². The van der Waals surface area contributed by atoms with E-state index in [4.69, 9.17) is 0 Å². The topological polar surface area (TPSA) is 0 Å². The summed E-state index contributed by atoms with van der Waals surface area (Å²) < 4.78 is 490. The molecule has 2 aromatic rings. The molecule has 37 heteroatoms. The Hall–Kier alpha value is -3.28. The molecule has 0 aliphatic carbocycles. The molecule has 0 aromatic heterocycles. The van der Waals surface area contributed by atoms with Gasteiger partial charge in [0.1, 0.15) is 0 Å². The molecule has 0 nitrogen and oxygen atoms in total. The third kappa shape index (κ3) is 8.10. The van der Waals surface area contributed by atoms with Gasteiger partial charge in [-0.15, -0.1) is 0 Å². The van der Waals surface area contributed by atoms with Crippen molar-refractivity contribution >= 4 is 25.5 Å². The molecule has 0 bridgehead atoms. The number of alkyl halides is 26. The summed E-state index contributed by atoms with van der Waals surface area (Å²) in [5, 5.41) is 0. The molecule has 65 heavy (non-hydrogen) atoms. The molecule has 2 aromatic carbocycles. The molecule has 0 heterocycles. The van der Waals surface area contributed by atoms with Crippen molar-refractivity contribution in [3.05, 3.63) is 58.2 Å². The summed E-state index contributed by atoms with van der Waals surface area (Å²) in [4.78, 5) is 0. The van der Waals surface area contributed by atoms with Crippen LogP contribution in [0.2, 0.25) is 8.87 Å². The third-order valence-electron chi connectivity index (χ3n) is 9.11. The van der Waals surface area contributed by atoms with Crippen molar-refractivity contribution in [3.63, 3.8) is 0 Å². The van der Waals surface area contributed by atoms with E-state index in [9.17, 15) is 123 Å². The van der Waals surface area contributed by atoms with Crippen LogP contribution in [0.15, 0.2) is 0 Å². The summed E-state index contributed by atoms with van der Waals surface area (Å²) in [6.07, 6.45) is -25.3. The van der Waals surface area contributed by atoms with Gasteiger partial charge in [0.25, 0.3) is 0 Å². The number of rotatable bonds is 16. The zero-order valence-corrected chi connectivity index (χ0v) is 31.8. The molecule has 0 saturated heterocycles. The Balaban J connectivity index is 3.30. The van der Waals surface area contributed by atoms with Crippen LogP contribution in [0.3, 0.4) is 0 Å². The molecular weight excluding hydrogens is 1140 g/mol. The summed E-state index contributed by atoms with van der Waals surface area (Å²) in [5.74, 6) is -126. The minimum absolute atomic E-state index is 3.71. The van der Waals surface area contributed by atoms with Gasteiger partial charge in [-0.25, -0.2) is 0 Å². The summed E-state index contributed by atoms with van der Waals surface area (Å²) in [6.45, 7) is 0. The second-order valence-electron chi connectivity index (χ2n) is 13.0. The van der Waals surface area contributed by atoms with Gasteiger partial charge in [-0.05, 0) is 0 Å². The molecule has 0 atom stereocenters.